The molecule has 0 radical (unpaired) electrons. The smallest absolute Gasteiger partial charge is 0.270 e. The molecule has 2 aliphatic rings. The third-order valence-corrected chi connectivity index (χ3v) is 4.83. The monoisotopic (exact) mass is 367 g/mol. The first-order chi connectivity index (χ1) is 13.2. The van der Waals surface area contributed by atoms with Crippen molar-refractivity contribution in [1.82, 2.24) is 20.2 Å². The maximum atomic E-state index is 13.1. The Bertz CT molecular complexity index is 1040. The van der Waals surface area contributed by atoms with Crippen molar-refractivity contribution >= 4 is 11.6 Å². The highest BCUT2D eigenvalue weighted by Crippen LogP contribution is 2.40. The third-order valence-electron chi connectivity index (χ3n) is 4.83. The summed E-state index contributed by atoms with van der Waals surface area (Å²) in [5.41, 5.74) is 1.36. The number of fused-ring (bicyclic) bond motifs is 5. The second-order valence-electron chi connectivity index (χ2n) is 6.33. The van der Waals surface area contributed by atoms with E-state index in [1.165, 1.54) is 24.3 Å². The Hall–Kier alpha value is -3.49. The molecule has 136 valence electrons. The number of anilines is 1. The molecule has 1 saturated heterocycles. The summed E-state index contributed by atoms with van der Waals surface area (Å²) in [6.45, 7) is 0. The number of benzene rings is 2. The first-order valence-electron chi connectivity index (χ1n) is 8.36. The lowest BCUT2D eigenvalue weighted by Crippen LogP contribution is -2.68. The molecule has 1 amide bonds. The molecule has 5 rings (SSSR count). The average molecular weight is 367 g/mol. The van der Waals surface area contributed by atoms with Crippen LogP contribution in [-0.2, 0) is 11.2 Å². The number of carbonyl (C=O) groups excluding carboxylic acids is 1. The van der Waals surface area contributed by atoms with Crippen molar-refractivity contribution in [2.45, 2.75) is 18.6 Å². The van der Waals surface area contributed by atoms with Crippen molar-refractivity contribution in [2.24, 2.45) is 0 Å². The quantitative estimate of drug-likeness (QED) is 0.653. The summed E-state index contributed by atoms with van der Waals surface area (Å²) >= 11 is 0. The van der Waals surface area contributed by atoms with Crippen LogP contribution in [0.2, 0.25) is 0 Å². The highest BCUT2D eigenvalue weighted by Gasteiger charge is 2.52. The maximum Gasteiger partial charge on any atom is 0.270 e. The molecule has 1 aromatic heterocycles. The average Bonchev–Trinajstić information content (AvgIpc) is 3.11. The number of methoxy groups -OCH3 is 1. The lowest BCUT2D eigenvalue weighted by molar-refractivity contribution is -0.134. The first kappa shape index (κ1) is 15.7. The van der Waals surface area contributed by atoms with Crippen molar-refractivity contribution in [3.05, 3.63) is 54.1 Å². The van der Waals surface area contributed by atoms with Crippen LogP contribution in [0.15, 0.2) is 42.5 Å². The molecule has 2 aliphatic heterocycles. The molecule has 0 N–H and O–H groups in total. The minimum Gasteiger partial charge on any atom is -0.497 e. The minimum absolute atomic E-state index is 0.172. The predicted octanol–water partition coefficient (Wildman–Crippen LogP) is 1.53. The Balaban J connectivity index is 1.54. The van der Waals surface area contributed by atoms with E-state index in [-0.39, 0.29) is 17.8 Å². The van der Waals surface area contributed by atoms with Gasteiger partial charge in [0.2, 0.25) is 0 Å². The SMILES string of the molecule is COc1ccc2c(c1)-n1nnnc1C[C@@H]1[C@H](Oc3ccc(F)cc3)C(=O)N21. The maximum absolute atomic E-state index is 13.1. The van der Waals surface area contributed by atoms with E-state index in [1.54, 1.807) is 28.8 Å². The van der Waals surface area contributed by atoms with Gasteiger partial charge in [-0.05, 0) is 46.8 Å². The van der Waals surface area contributed by atoms with Crippen LogP contribution < -0.4 is 14.4 Å². The van der Waals surface area contributed by atoms with E-state index >= 15 is 0 Å². The van der Waals surface area contributed by atoms with Crippen molar-refractivity contribution in [2.75, 3.05) is 12.0 Å². The van der Waals surface area contributed by atoms with Crippen LogP contribution in [0, 0.1) is 5.82 Å². The Morgan fingerprint density at radius 3 is 2.67 bits per heavy atom. The topological polar surface area (TPSA) is 82.4 Å². The number of aromatic nitrogens is 4. The van der Waals surface area contributed by atoms with Crippen molar-refractivity contribution in [3.8, 4) is 17.2 Å². The van der Waals surface area contributed by atoms with Gasteiger partial charge >= 0.3 is 0 Å². The zero-order valence-corrected chi connectivity index (χ0v) is 14.2. The van der Waals surface area contributed by atoms with Gasteiger partial charge in [0.25, 0.3) is 5.91 Å². The van der Waals surface area contributed by atoms with Gasteiger partial charge in [-0.3, -0.25) is 9.69 Å². The zero-order valence-electron chi connectivity index (χ0n) is 14.2. The van der Waals surface area contributed by atoms with Gasteiger partial charge < -0.3 is 9.47 Å². The van der Waals surface area contributed by atoms with Gasteiger partial charge in [0.05, 0.1) is 24.5 Å². The fraction of sp³-hybridized carbons (Fsp3) is 0.222. The number of carbonyl (C=O) groups is 1. The zero-order chi connectivity index (χ0) is 18.5. The number of amides is 1. The molecule has 2 aromatic carbocycles. The summed E-state index contributed by atoms with van der Waals surface area (Å²) in [6, 6.07) is 10.7. The van der Waals surface area contributed by atoms with Crippen LogP contribution in [0.3, 0.4) is 0 Å². The number of tetrazole rings is 1. The van der Waals surface area contributed by atoms with Gasteiger partial charge in [0.1, 0.15) is 17.3 Å². The van der Waals surface area contributed by atoms with E-state index in [0.29, 0.717) is 35.1 Å². The largest absolute Gasteiger partial charge is 0.497 e. The fourth-order valence-corrected chi connectivity index (χ4v) is 3.51. The molecule has 0 saturated carbocycles. The Morgan fingerprint density at radius 1 is 1.11 bits per heavy atom. The summed E-state index contributed by atoms with van der Waals surface area (Å²) in [6.07, 6.45) is -0.254. The standard InChI is InChI=1S/C18H14FN5O3/c1-26-12-6-7-13-14(8-12)24-16(20-21-22-24)9-15-17(18(25)23(13)15)27-11-4-2-10(19)3-5-11/h2-8,15,17H,9H2,1H3/t15-,17+/m1/s1. The van der Waals surface area contributed by atoms with Gasteiger partial charge in [0, 0.05) is 12.5 Å². The van der Waals surface area contributed by atoms with Crippen LogP contribution in [0.5, 0.6) is 11.5 Å². The van der Waals surface area contributed by atoms with E-state index in [1.807, 2.05) is 6.07 Å². The molecule has 1 fully saturated rings. The van der Waals surface area contributed by atoms with E-state index in [9.17, 15) is 9.18 Å². The molecular formula is C18H14FN5O3. The fourth-order valence-electron chi connectivity index (χ4n) is 3.51. The van der Waals surface area contributed by atoms with Gasteiger partial charge in [-0.2, -0.15) is 4.68 Å². The van der Waals surface area contributed by atoms with Crippen LogP contribution >= 0.6 is 0 Å². The molecule has 9 heteroatoms. The number of β-lactam (4-membered cyclic amide) rings is 1. The summed E-state index contributed by atoms with van der Waals surface area (Å²) in [5.74, 6) is 1.17. The van der Waals surface area contributed by atoms with Crippen LogP contribution in [0.4, 0.5) is 10.1 Å². The molecule has 0 aliphatic carbocycles. The molecule has 8 nitrogen and oxygen atoms in total. The predicted molar refractivity (Wildman–Crippen MR) is 91.5 cm³/mol. The number of hydrogen-bond donors (Lipinski definition) is 0. The molecule has 27 heavy (non-hydrogen) atoms. The first-order valence-corrected chi connectivity index (χ1v) is 8.36. The highest BCUT2D eigenvalue weighted by molar-refractivity contribution is 6.06. The number of ether oxygens (including phenoxy) is 2. The number of rotatable bonds is 3. The van der Waals surface area contributed by atoms with E-state index in [0.717, 1.165) is 0 Å². The molecular weight excluding hydrogens is 353 g/mol. The summed E-state index contributed by atoms with van der Waals surface area (Å²) in [5, 5.41) is 11.9. The van der Waals surface area contributed by atoms with Crippen molar-refractivity contribution in [3.63, 3.8) is 0 Å². The van der Waals surface area contributed by atoms with E-state index in [2.05, 4.69) is 15.5 Å². The highest BCUT2D eigenvalue weighted by atomic mass is 19.1. The molecule has 3 heterocycles. The second kappa shape index (κ2) is 5.76. The number of nitrogens with zero attached hydrogens (tertiary/aromatic N) is 5. The van der Waals surface area contributed by atoms with Gasteiger partial charge in [-0.15, -0.1) is 5.10 Å². The van der Waals surface area contributed by atoms with Gasteiger partial charge in [0.15, 0.2) is 11.9 Å². The summed E-state index contributed by atoms with van der Waals surface area (Å²) in [7, 11) is 1.57. The van der Waals surface area contributed by atoms with Gasteiger partial charge in [-0.25, -0.2) is 4.39 Å². The lowest BCUT2D eigenvalue weighted by atomic mass is 9.93. The lowest BCUT2D eigenvalue weighted by Gasteiger charge is -2.45. The van der Waals surface area contributed by atoms with Crippen LogP contribution in [-0.4, -0.2) is 45.4 Å². The van der Waals surface area contributed by atoms with E-state index < -0.39 is 6.10 Å². The van der Waals surface area contributed by atoms with Crippen LogP contribution in [0.1, 0.15) is 5.82 Å². The summed E-state index contributed by atoms with van der Waals surface area (Å²) in [4.78, 5) is 14.5. The third kappa shape index (κ3) is 2.35. The van der Waals surface area contributed by atoms with Crippen molar-refractivity contribution in [1.29, 1.82) is 0 Å². The van der Waals surface area contributed by atoms with Crippen molar-refractivity contribution < 1.29 is 18.7 Å². The Morgan fingerprint density at radius 2 is 1.89 bits per heavy atom. The Labute approximate surface area is 153 Å². The number of hydrogen-bond acceptors (Lipinski definition) is 6. The molecule has 0 spiro atoms. The summed E-state index contributed by atoms with van der Waals surface area (Å²) < 4.78 is 25.8. The second-order valence-corrected chi connectivity index (χ2v) is 6.33. The van der Waals surface area contributed by atoms with Gasteiger partial charge in [-0.1, -0.05) is 0 Å². The molecule has 2 atom stereocenters. The molecule has 3 aromatic rings. The number of halogens is 1. The van der Waals surface area contributed by atoms with Crippen LogP contribution in [0.25, 0.3) is 5.69 Å². The van der Waals surface area contributed by atoms with E-state index in [4.69, 9.17) is 9.47 Å². The molecule has 0 unspecified atom stereocenters. The normalized spacial score (nSPS) is 20.1. The Kier molecular flexibility index (Phi) is 3.36. The molecule has 0 bridgehead atoms. The minimum atomic E-state index is -0.686.